The Morgan fingerprint density at radius 3 is 2.53 bits per heavy atom. The van der Waals surface area contributed by atoms with Crippen LogP contribution in [-0.2, 0) is 14.8 Å². The Balaban J connectivity index is 1.74. The molecule has 0 saturated carbocycles. The van der Waals surface area contributed by atoms with Gasteiger partial charge in [-0.2, -0.15) is 16.1 Å². The van der Waals surface area contributed by atoms with Crippen LogP contribution in [0.5, 0.6) is 0 Å². The standard InChI is InChI=1S/C19H25N3O5S3/c1-12(2)17(21-18(23)15-5-4-8-27-15)19(24)20-14-11-16(29-13(14)3)30(25,26)22-6-9-28-10-7-22/h4-5,8,11-12,17H,6-7,9-10H2,1-3H3,(H,20,24)(H,21,23)/t17-/m1/s1. The van der Waals surface area contributed by atoms with Crippen molar-refractivity contribution in [3.05, 3.63) is 35.1 Å². The van der Waals surface area contributed by atoms with Crippen molar-refractivity contribution in [1.82, 2.24) is 9.62 Å². The van der Waals surface area contributed by atoms with Crippen molar-refractivity contribution in [1.29, 1.82) is 0 Å². The first-order valence-electron chi connectivity index (χ1n) is 9.53. The number of thiophene rings is 1. The van der Waals surface area contributed by atoms with Crippen molar-refractivity contribution >= 4 is 50.6 Å². The first-order valence-corrected chi connectivity index (χ1v) is 12.9. The van der Waals surface area contributed by atoms with E-state index in [1.165, 1.54) is 22.7 Å². The zero-order chi connectivity index (χ0) is 21.9. The number of aryl methyl sites for hydroxylation is 1. The molecule has 1 aliphatic rings. The van der Waals surface area contributed by atoms with Crippen LogP contribution in [0.25, 0.3) is 0 Å². The van der Waals surface area contributed by atoms with Crippen molar-refractivity contribution < 1.29 is 22.4 Å². The lowest BCUT2D eigenvalue weighted by molar-refractivity contribution is -0.118. The van der Waals surface area contributed by atoms with Gasteiger partial charge in [-0.15, -0.1) is 11.3 Å². The number of thioether (sulfide) groups is 1. The van der Waals surface area contributed by atoms with E-state index in [1.54, 1.807) is 24.8 Å². The lowest BCUT2D eigenvalue weighted by Gasteiger charge is -2.24. The number of nitrogens with zero attached hydrogens (tertiary/aromatic N) is 1. The van der Waals surface area contributed by atoms with E-state index in [-0.39, 0.29) is 15.9 Å². The van der Waals surface area contributed by atoms with E-state index in [4.69, 9.17) is 4.42 Å². The summed E-state index contributed by atoms with van der Waals surface area (Å²) in [4.78, 5) is 25.8. The predicted molar refractivity (Wildman–Crippen MR) is 119 cm³/mol. The number of nitrogens with one attached hydrogen (secondary N) is 2. The number of anilines is 1. The minimum absolute atomic E-state index is 0.119. The number of sulfonamides is 1. The SMILES string of the molecule is Cc1sc(S(=O)(=O)N2CCSCC2)cc1NC(=O)[C@H](NC(=O)c1ccco1)C(C)C. The molecule has 1 saturated heterocycles. The summed E-state index contributed by atoms with van der Waals surface area (Å²) < 4.78 is 32.6. The fourth-order valence-electron chi connectivity index (χ4n) is 2.99. The van der Waals surface area contributed by atoms with Crippen LogP contribution in [0.3, 0.4) is 0 Å². The molecular formula is C19H25N3O5S3. The maximum absolute atomic E-state index is 12.9. The minimum atomic E-state index is -3.58. The molecule has 11 heteroatoms. The summed E-state index contributed by atoms with van der Waals surface area (Å²) in [5.74, 6) is 0.591. The third-order valence-corrected chi connectivity index (χ3v) is 9.04. The van der Waals surface area contributed by atoms with Crippen LogP contribution in [0.4, 0.5) is 5.69 Å². The van der Waals surface area contributed by atoms with Gasteiger partial charge in [-0.1, -0.05) is 13.8 Å². The second-order valence-corrected chi connectivity index (χ2v) is 11.9. The topological polar surface area (TPSA) is 109 Å². The van der Waals surface area contributed by atoms with Crippen LogP contribution in [0.1, 0.15) is 29.3 Å². The van der Waals surface area contributed by atoms with Gasteiger partial charge < -0.3 is 15.1 Å². The molecule has 0 bridgehead atoms. The largest absolute Gasteiger partial charge is 0.459 e. The van der Waals surface area contributed by atoms with Crippen LogP contribution >= 0.6 is 23.1 Å². The minimum Gasteiger partial charge on any atom is -0.459 e. The number of carbonyl (C=O) groups excluding carboxylic acids is 2. The highest BCUT2D eigenvalue weighted by Gasteiger charge is 2.30. The third-order valence-electron chi connectivity index (χ3n) is 4.70. The zero-order valence-electron chi connectivity index (χ0n) is 17.0. The highest BCUT2D eigenvalue weighted by Crippen LogP contribution is 2.32. The molecule has 164 valence electrons. The molecule has 8 nitrogen and oxygen atoms in total. The number of carbonyl (C=O) groups is 2. The molecule has 2 aromatic heterocycles. The van der Waals surface area contributed by atoms with Crippen LogP contribution in [0.15, 0.2) is 33.1 Å². The molecule has 0 aromatic carbocycles. The molecule has 1 fully saturated rings. The molecule has 3 rings (SSSR count). The first-order chi connectivity index (χ1) is 14.2. The summed E-state index contributed by atoms with van der Waals surface area (Å²) in [6, 6.07) is 3.81. The Kier molecular flexibility index (Phi) is 7.27. The van der Waals surface area contributed by atoms with Crippen LogP contribution < -0.4 is 10.6 Å². The van der Waals surface area contributed by atoms with Gasteiger partial charge in [0.1, 0.15) is 10.3 Å². The maximum atomic E-state index is 12.9. The van der Waals surface area contributed by atoms with Gasteiger partial charge in [-0.3, -0.25) is 9.59 Å². The Morgan fingerprint density at radius 1 is 1.23 bits per heavy atom. The predicted octanol–water partition coefficient (Wildman–Crippen LogP) is 2.78. The lowest BCUT2D eigenvalue weighted by atomic mass is 10.0. The van der Waals surface area contributed by atoms with Gasteiger partial charge >= 0.3 is 0 Å². The molecule has 0 aliphatic carbocycles. The molecule has 2 aromatic rings. The molecule has 2 amide bonds. The van der Waals surface area contributed by atoms with E-state index in [2.05, 4.69) is 10.6 Å². The number of rotatable bonds is 7. The number of hydrogen-bond donors (Lipinski definition) is 2. The van der Waals surface area contributed by atoms with Crippen molar-refractivity contribution in [2.24, 2.45) is 5.92 Å². The van der Waals surface area contributed by atoms with Crippen LogP contribution in [0, 0.1) is 12.8 Å². The second kappa shape index (κ2) is 9.54. The van der Waals surface area contributed by atoms with Crippen molar-refractivity contribution in [2.75, 3.05) is 29.9 Å². The quantitative estimate of drug-likeness (QED) is 0.643. The van der Waals surface area contributed by atoms with Gasteiger partial charge in [0.25, 0.3) is 15.9 Å². The lowest BCUT2D eigenvalue weighted by Crippen LogP contribution is -2.47. The monoisotopic (exact) mass is 471 g/mol. The van der Waals surface area contributed by atoms with Crippen molar-refractivity contribution in [2.45, 2.75) is 31.0 Å². The van der Waals surface area contributed by atoms with E-state index in [1.807, 2.05) is 13.8 Å². The Labute approximate surface area is 184 Å². The smallest absolute Gasteiger partial charge is 0.287 e. The molecule has 0 spiro atoms. The summed E-state index contributed by atoms with van der Waals surface area (Å²) in [5.41, 5.74) is 0.438. The maximum Gasteiger partial charge on any atom is 0.287 e. The summed E-state index contributed by atoms with van der Waals surface area (Å²) in [7, 11) is -3.58. The van der Waals surface area contributed by atoms with E-state index in [9.17, 15) is 18.0 Å². The van der Waals surface area contributed by atoms with Crippen LogP contribution in [-0.4, -0.2) is 55.2 Å². The van der Waals surface area contributed by atoms with E-state index < -0.39 is 27.9 Å². The second-order valence-electron chi connectivity index (χ2n) is 7.21. The van der Waals surface area contributed by atoms with Gasteiger partial charge in [0.2, 0.25) is 5.91 Å². The van der Waals surface area contributed by atoms with E-state index in [0.29, 0.717) is 23.7 Å². The van der Waals surface area contributed by atoms with Gasteiger partial charge in [0.15, 0.2) is 5.76 Å². The first kappa shape index (κ1) is 22.9. The summed E-state index contributed by atoms with van der Waals surface area (Å²) in [6.07, 6.45) is 1.39. The molecule has 2 N–H and O–H groups in total. The molecule has 1 aliphatic heterocycles. The molecule has 0 radical (unpaired) electrons. The zero-order valence-corrected chi connectivity index (χ0v) is 19.5. The summed E-state index contributed by atoms with van der Waals surface area (Å²) in [5, 5.41) is 5.45. The fraction of sp³-hybridized carbons (Fsp3) is 0.474. The summed E-state index contributed by atoms with van der Waals surface area (Å²) in [6.45, 7) is 6.37. The highest BCUT2D eigenvalue weighted by molar-refractivity contribution is 7.99. The summed E-state index contributed by atoms with van der Waals surface area (Å²) >= 11 is 2.87. The van der Waals surface area contributed by atoms with Gasteiger partial charge in [-0.25, -0.2) is 8.42 Å². The molecule has 1 atom stereocenters. The number of furan rings is 1. The Hall–Kier alpha value is -1.82. The fourth-order valence-corrected chi connectivity index (χ4v) is 7.12. The molecule has 0 unspecified atom stereocenters. The van der Waals surface area contributed by atoms with Gasteiger partial charge in [0.05, 0.1) is 12.0 Å². The third kappa shape index (κ3) is 5.08. The van der Waals surface area contributed by atoms with E-state index in [0.717, 1.165) is 22.8 Å². The van der Waals surface area contributed by atoms with Crippen molar-refractivity contribution in [3.63, 3.8) is 0 Å². The Morgan fingerprint density at radius 2 is 1.93 bits per heavy atom. The number of amides is 2. The Bertz CT molecular complexity index is 993. The average molecular weight is 472 g/mol. The molecular weight excluding hydrogens is 446 g/mol. The molecule has 3 heterocycles. The molecule has 30 heavy (non-hydrogen) atoms. The van der Waals surface area contributed by atoms with Crippen molar-refractivity contribution in [3.8, 4) is 0 Å². The highest BCUT2D eigenvalue weighted by atomic mass is 32.2. The van der Waals surface area contributed by atoms with Crippen LogP contribution in [0.2, 0.25) is 0 Å². The van der Waals surface area contributed by atoms with Gasteiger partial charge in [0, 0.05) is 29.5 Å². The van der Waals surface area contributed by atoms with Gasteiger partial charge in [-0.05, 0) is 31.0 Å². The van der Waals surface area contributed by atoms with E-state index >= 15 is 0 Å². The average Bonchev–Trinajstić information content (AvgIpc) is 3.37. The number of hydrogen-bond acceptors (Lipinski definition) is 7. The normalized spacial score (nSPS) is 16.4.